The molecular formula is C18H20IN5O3. The van der Waals surface area contributed by atoms with Gasteiger partial charge in [-0.15, -0.1) is 0 Å². The van der Waals surface area contributed by atoms with Gasteiger partial charge in [-0.05, 0) is 40.8 Å². The molecule has 2 aromatic heterocycles. The molecule has 0 spiro atoms. The number of methoxy groups -OCH3 is 1. The molecule has 0 aliphatic carbocycles. The molecule has 1 N–H and O–H groups in total. The lowest BCUT2D eigenvalue weighted by Gasteiger charge is -2.36. The minimum absolute atomic E-state index is 0.300. The van der Waals surface area contributed by atoms with Crippen molar-refractivity contribution in [1.29, 1.82) is 0 Å². The molecule has 27 heavy (non-hydrogen) atoms. The van der Waals surface area contributed by atoms with Gasteiger partial charge in [0.1, 0.15) is 6.33 Å². The highest BCUT2D eigenvalue weighted by atomic mass is 127. The van der Waals surface area contributed by atoms with Crippen molar-refractivity contribution in [2.24, 2.45) is 5.92 Å². The second-order valence-electron chi connectivity index (χ2n) is 6.74. The van der Waals surface area contributed by atoms with E-state index >= 15 is 0 Å². The first kappa shape index (κ1) is 18.2. The Bertz CT molecular complexity index is 977. The zero-order valence-corrected chi connectivity index (χ0v) is 17.0. The number of halogens is 1. The summed E-state index contributed by atoms with van der Waals surface area (Å²) in [5.41, 5.74) is 2.15. The molecule has 1 aliphatic rings. The van der Waals surface area contributed by atoms with E-state index in [1.165, 1.54) is 19.4 Å². The van der Waals surface area contributed by atoms with E-state index in [1.807, 2.05) is 6.07 Å². The molecule has 1 aromatic carbocycles. The molecule has 1 amide bonds. The van der Waals surface area contributed by atoms with Crippen molar-refractivity contribution in [2.75, 3.05) is 26.8 Å². The minimum Gasteiger partial charge on any atom is -0.465 e. The van der Waals surface area contributed by atoms with Crippen LogP contribution in [0.3, 0.4) is 0 Å². The predicted molar refractivity (Wildman–Crippen MR) is 109 cm³/mol. The van der Waals surface area contributed by atoms with Crippen LogP contribution < -0.4 is 0 Å². The maximum Gasteiger partial charge on any atom is 0.407 e. The normalized spacial score (nSPS) is 14.7. The summed E-state index contributed by atoms with van der Waals surface area (Å²) in [7, 11) is 1.71. The van der Waals surface area contributed by atoms with Crippen LogP contribution in [0.2, 0.25) is 0 Å². The van der Waals surface area contributed by atoms with E-state index in [2.05, 4.69) is 55.6 Å². The number of rotatable bonds is 6. The largest absolute Gasteiger partial charge is 0.465 e. The monoisotopic (exact) mass is 481 g/mol. The van der Waals surface area contributed by atoms with Crippen molar-refractivity contribution in [3.8, 4) is 11.4 Å². The summed E-state index contributed by atoms with van der Waals surface area (Å²) in [5, 5.41) is 14.7. The lowest BCUT2D eigenvalue weighted by atomic mass is 10.0. The second kappa shape index (κ2) is 7.47. The molecule has 1 aliphatic heterocycles. The van der Waals surface area contributed by atoms with E-state index in [0.29, 0.717) is 38.0 Å². The van der Waals surface area contributed by atoms with Crippen molar-refractivity contribution < 1.29 is 14.6 Å². The van der Waals surface area contributed by atoms with Crippen molar-refractivity contribution in [3.05, 3.63) is 34.3 Å². The molecule has 3 aromatic rings. The third kappa shape index (κ3) is 3.65. The Morgan fingerprint density at radius 1 is 1.41 bits per heavy atom. The summed E-state index contributed by atoms with van der Waals surface area (Å²) in [4.78, 5) is 16.7. The molecule has 4 rings (SSSR count). The van der Waals surface area contributed by atoms with Crippen LogP contribution in [0.5, 0.6) is 0 Å². The van der Waals surface area contributed by atoms with Crippen LogP contribution >= 0.6 is 22.6 Å². The summed E-state index contributed by atoms with van der Waals surface area (Å²) in [5.74, 6) is 0.987. The number of amides is 1. The first-order valence-electron chi connectivity index (χ1n) is 8.70. The van der Waals surface area contributed by atoms with E-state index < -0.39 is 6.09 Å². The number of nitrogens with zero attached hydrogens (tertiary/aromatic N) is 5. The Morgan fingerprint density at radius 3 is 2.96 bits per heavy atom. The molecule has 142 valence electrons. The Hall–Kier alpha value is -2.14. The zero-order chi connectivity index (χ0) is 19.0. The van der Waals surface area contributed by atoms with Crippen LogP contribution in [0.25, 0.3) is 22.3 Å². The Kier molecular flexibility index (Phi) is 5.04. The minimum atomic E-state index is -0.856. The van der Waals surface area contributed by atoms with Gasteiger partial charge in [0.25, 0.3) is 0 Å². The third-order valence-electron chi connectivity index (χ3n) is 4.84. The molecule has 3 heterocycles. The standard InChI is InChI=1S/C18H20IN5O3/c1-27-5-4-22-10-15(19)14-6-13(2-3-16(14)22)17-20-11-24(21-17)9-12-7-23(8-12)18(25)26/h2-3,6,10-12H,4-5,7-9H2,1H3,(H,25,26). The van der Waals surface area contributed by atoms with Gasteiger partial charge < -0.3 is 19.3 Å². The fourth-order valence-electron chi connectivity index (χ4n) is 3.39. The average Bonchev–Trinajstić information content (AvgIpc) is 3.20. The smallest absolute Gasteiger partial charge is 0.407 e. The zero-order valence-electron chi connectivity index (χ0n) is 14.9. The average molecular weight is 481 g/mol. The van der Waals surface area contributed by atoms with Gasteiger partial charge in [0.2, 0.25) is 0 Å². The van der Waals surface area contributed by atoms with E-state index in [9.17, 15) is 4.79 Å². The van der Waals surface area contributed by atoms with Gasteiger partial charge in [0, 0.05) is 65.4 Å². The summed E-state index contributed by atoms with van der Waals surface area (Å²) in [6.07, 6.45) is 2.99. The molecule has 8 nitrogen and oxygen atoms in total. The number of hydrogen-bond donors (Lipinski definition) is 1. The van der Waals surface area contributed by atoms with Crippen molar-refractivity contribution in [2.45, 2.75) is 13.1 Å². The van der Waals surface area contributed by atoms with Crippen LogP contribution in [-0.4, -0.2) is 62.2 Å². The molecule has 0 unspecified atom stereocenters. The number of ether oxygens (including phenoxy) is 1. The van der Waals surface area contributed by atoms with Gasteiger partial charge in [-0.25, -0.2) is 9.78 Å². The summed E-state index contributed by atoms with van der Waals surface area (Å²) in [6.45, 7) is 3.29. The van der Waals surface area contributed by atoms with Gasteiger partial charge in [-0.3, -0.25) is 4.68 Å². The van der Waals surface area contributed by atoms with Crippen LogP contribution in [0.4, 0.5) is 4.79 Å². The highest BCUT2D eigenvalue weighted by Crippen LogP contribution is 2.28. The van der Waals surface area contributed by atoms with E-state index in [1.54, 1.807) is 18.1 Å². The number of carbonyl (C=O) groups is 1. The number of likely N-dealkylation sites (tertiary alicyclic amines) is 1. The Morgan fingerprint density at radius 2 is 2.22 bits per heavy atom. The molecule has 1 fully saturated rings. The summed E-state index contributed by atoms with van der Waals surface area (Å²) in [6, 6.07) is 6.26. The quantitative estimate of drug-likeness (QED) is 0.548. The van der Waals surface area contributed by atoms with Gasteiger partial charge in [0.15, 0.2) is 5.82 Å². The van der Waals surface area contributed by atoms with E-state index in [-0.39, 0.29) is 0 Å². The lowest BCUT2D eigenvalue weighted by Crippen LogP contribution is -2.50. The summed E-state index contributed by atoms with van der Waals surface area (Å²) < 4.78 is 10.4. The van der Waals surface area contributed by atoms with Crippen LogP contribution in [0.15, 0.2) is 30.7 Å². The SMILES string of the molecule is COCCn1cc(I)c2cc(-c3ncn(CC4CN(C(=O)O)C4)n3)ccc21. The molecule has 0 bridgehead atoms. The third-order valence-corrected chi connectivity index (χ3v) is 5.70. The van der Waals surface area contributed by atoms with Gasteiger partial charge in [0.05, 0.1) is 6.61 Å². The molecule has 0 radical (unpaired) electrons. The molecule has 0 saturated carbocycles. The summed E-state index contributed by atoms with van der Waals surface area (Å²) >= 11 is 2.35. The van der Waals surface area contributed by atoms with E-state index in [0.717, 1.165) is 12.1 Å². The van der Waals surface area contributed by atoms with Crippen LogP contribution in [-0.2, 0) is 17.8 Å². The second-order valence-corrected chi connectivity index (χ2v) is 7.90. The maximum atomic E-state index is 10.8. The fraction of sp³-hybridized carbons (Fsp3) is 0.389. The molecule has 0 atom stereocenters. The lowest BCUT2D eigenvalue weighted by molar-refractivity contribution is 0.0731. The van der Waals surface area contributed by atoms with Crippen molar-refractivity contribution in [1.82, 2.24) is 24.2 Å². The number of carboxylic acid groups (broad SMARTS) is 1. The molecule has 1 saturated heterocycles. The Labute approximate surface area is 169 Å². The van der Waals surface area contributed by atoms with Crippen molar-refractivity contribution >= 4 is 39.6 Å². The van der Waals surface area contributed by atoms with E-state index in [4.69, 9.17) is 9.84 Å². The number of aromatic nitrogens is 4. The molecule has 9 heteroatoms. The van der Waals surface area contributed by atoms with Gasteiger partial charge in [-0.2, -0.15) is 5.10 Å². The first-order valence-corrected chi connectivity index (χ1v) is 9.78. The van der Waals surface area contributed by atoms with Crippen LogP contribution in [0.1, 0.15) is 0 Å². The number of benzene rings is 1. The first-order chi connectivity index (χ1) is 13.0. The molecular weight excluding hydrogens is 461 g/mol. The predicted octanol–water partition coefficient (Wildman–Crippen LogP) is 2.76. The van der Waals surface area contributed by atoms with Gasteiger partial charge >= 0.3 is 6.09 Å². The highest BCUT2D eigenvalue weighted by Gasteiger charge is 2.30. The van der Waals surface area contributed by atoms with Gasteiger partial charge in [-0.1, -0.05) is 0 Å². The Balaban J connectivity index is 1.50. The number of hydrogen-bond acceptors (Lipinski definition) is 4. The van der Waals surface area contributed by atoms with Crippen molar-refractivity contribution in [3.63, 3.8) is 0 Å². The number of fused-ring (bicyclic) bond motifs is 1. The fourth-order valence-corrected chi connectivity index (χ4v) is 4.16. The topological polar surface area (TPSA) is 85.4 Å². The van der Waals surface area contributed by atoms with Crippen LogP contribution in [0, 0.1) is 9.49 Å². The maximum absolute atomic E-state index is 10.8. The highest BCUT2D eigenvalue weighted by molar-refractivity contribution is 14.1.